The molecule has 2 aliphatic rings. The fourth-order valence-corrected chi connectivity index (χ4v) is 3.24. The van der Waals surface area contributed by atoms with Crippen LogP contribution in [-0.2, 0) is 0 Å². The van der Waals surface area contributed by atoms with Crippen LogP contribution in [-0.4, -0.2) is 29.1 Å². The second-order valence-corrected chi connectivity index (χ2v) is 5.98. The third-order valence-electron chi connectivity index (χ3n) is 4.56. The lowest BCUT2D eigenvalue weighted by molar-refractivity contribution is 0.441. The summed E-state index contributed by atoms with van der Waals surface area (Å²) in [5.41, 5.74) is 7.26. The van der Waals surface area contributed by atoms with Crippen molar-refractivity contribution in [1.29, 1.82) is 0 Å². The second kappa shape index (κ2) is 5.87. The fourth-order valence-electron chi connectivity index (χ4n) is 3.24. The number of piperidine rings is 1. The molecule has 1 aliphatic heterocycles. The molecule has 4 nitrogen and oxygen atoms in total. The van der Waals surface area contributed by atoms with Crippen molar-refractivity contribution in [1.82, 2.24) is 9.97 Å². The number of nitrogens with two attached hydrogens (primary N) is 1. The molecule has 1 aromatic rings. The summed E-state index contributed by atoms with van der Waals surface area (Å²) in [5.74, 6) is 1.57. The lowest BCUT2D eigenvalue weighted by atomic mass is 9.85. The van der Waals surface area contributed by atoms with E-state index in [-0.39, 0.29) is 0 Å². The fraction of sp³-hybridized carbons (Fsp3) is 0.733. The molecular formula is C15H24N4. The van der Waals surface area contributed by atoms with Crippen LogP contribution in [0.5, 0.6) is 0 Å². The van der Waals surface area contributed by atoms with Crippen LogP contribution in [0.4, 0.5) is 5.95 Å². The van der Waals surface area contributed by atoms with Gasteiger partial charge in [-0.2, -0.15) is 0 Å². The first-order valence-corrected chi connectivity index (χ1v) is 7.65. The van der Waals surface area contributed by atoms with E-state index < -0.39 is 0 Å². The second-order valence-electron chi connectivity index (χ2n) is 5.98. The molecule has 0 amide bonds. The highest BCUT2D eigenvalue weighted by Crippen LogP contribution is 2.32. The quantitative estimate of drug-likeness (QED) is 0.887. The van der Waals surface area contributed by atoms with Crippen molar-refractivity contribution in [3.05, 3.63) is 18.0 Å². The summed E-state index contributed by atoms with van der Waals surface area (Å²) in [6.45, 7) is 1.98. The SMILES string of the molecule is NC1CCN(c2ncc(C3CCCCC3)cn2)CC1. The molecular weight excluding hydrogens is 236 g/mol. The van der Waals surface area contributed by atoms with Crippen LogP contribution in [0.2, 0.25) is 0 Å². The van der Waals surface area contributed by atoms with Gasteiger partial charge in [-0.1, -0.05) is 19.3 Å². The minimum atomic E-state index is 0.359. The highest BCUT2D eigenvalue weighted by Gasteiger charge is 2.20. The first-order valence-electron chi connectivity index (χ1n) is 7.65. The minimum absolute atomic E-state index is 0.359. The van der Waals surface area contributed by atoms with Crippen molar-refractivity contribution >= 4 is 5.95 Å². The monoisotopic (exact) mass is 260 g/mol. The van der Waals surface area contributed by atoms with E-state index >= 15 is 0 Å². The van der Waals surface area contributed by atoms with Crippen molar-refractivity contribution < 1.29 is 0 Å². The Morgan fingerprint density at radius 3 is 2.21 bits per heavy atom. The van der Waals surface area contributed by atoms with Crippen LogP contribution < -0.4 is 10.6 Å². The molecule has 3 rings (SSSR count). The Bertz CT molecular complexity index is 389. The third-order valence-corrected chi connectivity index (χ3v) is 4.56. The predicted molar refractivity (Wildman–Crippen MR) is 77.3 cm³/mol. The van der Waals surface area contributed by atoms with Gasteiger partial charge in [0, 0.05) is 31.5 Å². The van der Waals surface area contributed by atoms with Gasteiger partial charge < -0.3 is 10.6 Å². The highest BCUT2D eigenvalue weighted by molar-refractivity contribution is 5.31. The summed E-state index contributed by atoms with van der Waals surface area (Å²) in [7, 11) is 0. The molecule has 19 heavy (non-hydrogen) atoms. The molecule has 0 atom stereocenters. The van der Waals surface area contributed by atoms with Crippen LogP contribution >= 0.6 is 0 Å². The number of rotatable bonds is 2. The van der Waals surface area contributed by atoms with Crippen molar-refractivity contribution in [2.75, 3.05) is 18.0 Å². The van der Waals surface area contributed by atoms with Gasteiger partial charge in [-0.05, 0) is 37.2 Å². The summed E-state index contributed by atoms with van der Waals surface area (Å²) < 4.78 is 0. The molecule has 4 heteroatoms. The van der Waals surface area contributed by atoms with Crippen LogP contribution in [0.15, 0.2) is 12.4 Å². The van der Waals surface area contributed by atoms with E-state index in [0.717, 1.165) is 31.9 Å². The molecule has 1 saturated carbocycles. The molecule has 1 saturated heterocycles. The predicted octanol–water partition coefficient (Wildman–Crippen LogP) is 2.45. The topological polar surface area (TPSA) is 55.0 Å². The normalized spacial score (nSPS) is 22.7. The molecule has 2 N–H and O–H groups in total. The van der Waals surface area contributed by atoms with E-state index in [1.807, 2.05) is 12.4 Å². The molecule has 2 heterocycles. The number of anilines is 1. The molecule has 0 radical (unpaired) electrons. The first kappa shape index (κ1) is 12.9. The van der Waals surface area contributed by atoms with Crippen molar-refractivity contribution in [2.45, 2.75) is 56.9 Å². The number of hydrogen-bond acceptors (Lipinski definition) is 4. The van der Waals surface area contributed by atoms with Crippen LogP contribution in [0.25, 0.3) is 0 Å². The summed E-state index contributed by atoms with van der Waals surface area (Å²) in [6, 6.07) is 0.359. The summed E-state index contributed by atoms with van der Waals surface area (Å²) >= 11 is 0. The molecule has 1 aliphatic carbocycles. The van der Waals surface area contributed by atoms with Gasteiger partial charge in [0.05, 0.1) is 0 Å². The average molecular weight is 260 g/mol. The van der Waals surface area contributed by atoms with E-state index in [1.165, 1.54) is 37.7 Å². The molecule has 104 valence electrons. The van der Waals surface area contributed by atoms with Gasteiger partial charge in [0.15, 0.2) is 0 Å². The zero-order valence-corrected chi connectivity index (χ0v) is 11.6. The van der Waals surface area contributed by atoms with Gasteiger partial charge in [0.1, 0.15) is 0 Å². The van der Waals surface area contributed by atoms with Crippen LogP contribution in [0.3, 0.4) is 0 Å². The van der Waals surface area contributed by atoms with E-state index in [2.05, 4.69) is 14.9 Å². The number of nitrogens with zero attached hydrogens (tertiary/aromatic N) is 3. The maximum Gasteiger partial charge on any atom is 0.225 e. The Morgan fingerprint density at radius 1 is 0.947 bits per heavy atom. The number of hydrogen-bond donors (Lipinski definition) is 1. The molecule has 0 spiro atoms. The van der Waals surface area contributed by atoms with Crippen LogP contribution in [0.1, 0.15) is 56.4 Å². The maximum atomic E-state index is 5.93. The van der Waals surface area contributed by atoms with Gasteiger partial charge in [0.2, 0.25) is 5.95 Å². The average Bonchev–Trinajstić information content (AvgIpc) is 2.49. The Hall–Kier alpha value is -1.16. The van der Waals surface area contributed by atoms with Gasteiger partial charge in [0.25, 0.3) is 0 Å². The van der Waals surface area contributed by atoms with Crippen molar-refractivity contribution in [3.8, 4) is 0 Å². The summed E-state index contributed by atoms with van der Waals surface area (Å²) in [4.78, 5) is 11.4. The zero-order chi connectivity index (χ0) is 13.1. The first-order chi connectivity index (χ1) is 9.33. The van der Waals surface area contributed by atoms with Gasteiger partial charge >= 0.3 is 0 Å². The minimum Gasteiger partial charge on any atom is -0.341 e. The van der Waals surface area contributed by atoms with Gasteiger partial charge in [-0.25, -0.2) is 9.97 Å². The molecule has 0 bridgehead atoms. The zero-order valence-electron chi connectivity index (χ0n) is 11.6. The van der Waals surface area contributed by atoms with Crippen molar-refractivity contribution in [2.24, 2.45) is 5.73 Å². The van der Waals surface area contributed by atoms with E-state index in [1.54, 1.807) is 0 Å². The summed E-state index contributed by atoms with van der Waals surface area (Å²) in [5, 5.41) is 0. The third kappa shape index (κ3) is 3.06. The Morgan fingerprint density at radius 2 is 1.58 bits per heavy atom. The lowest BCUT2D eigenvalue weighted by Crippen LogP contribution is -2.40. The van der Waals surface area contributed by atoms with E-state index in [4.69, 9.17) is 5.73 Å². The highest BCUT2D eigenvalue weighted by atomic mass is 15.2. The standard InChI is InChI=1S/C15H24N4/c16-14-6-8-19(9-7-14)15-17-10-13(11-18-15)12-4-2-1-3-5-12/h10-12,14H,1-9,16H2. The lowest BCUT2D eigenvalue weighted by Gasteiger charge is -2.30. The maximum absolute atomic E-state index is 5.93. The van der Waals surface area contributed by atoms with Crippen LogP contribution in [0, 0.1) is 0 Å². The Kier molecular flexibility index (Phi) is 3.97. The largest absolute Gasteiger partial charge is 0.341 e. The Balaban J connectivity index is 1.65. The van der Waals surface area contributed by atoms with E-state index in [9.17, 15) is 0 Å². The van der Waals surface area contributed by atoms with Crippen molar-refractivity contribution in [3.63, 3.8) is 0 Å². The molecule has 0 aromatic carbocycles. The molecule has 2 fully saturated rings. The molecule has 1 aromatic heterocycles. The summed E-state index contributed by atoms with van der Waals surface area (Å²) in [6.07, 6.45) is 12.9. The van der Waals surface area contributed by atoms with Gasteiger partial charge in [-0.3, -0.25) is 0 Å². The van der Waals surface area contributed by atoms with E-state index in [0.29, 0.717) is 12.0 Å². The Labute approximate surface area is 115 Å². The van der Waals surface area contributed by atoms with Gasteiger partial charge in [-0.15, -0.1) is 0 Å². The number of aromatic nitrogens is 2. The molecule has 0 unspecified atom stereocenters. The smallest absolute Gasteiger partial charge is 0.225 e.